The van der Waals surface area contributed by atoms with Crippen molar-refractivity contribution in [3.05, 3.63) is 46.1 Å². The van der Waals surface area contributed by atoms with Gasteiger partial charge in [-0.15, -0.1) is 0 Å². The molecule has 15 heavy (non-hydrogen) atoms. The van der Waals surface area contributed by atoms with Crippen LogP contribution in [-0.4, -0.2) is 23.2 Å². The first-order valence-electron chi connectivity index (χ1n) is 4.77. The second-order valence-corrected chi connectivity index (χ2v) is 3.17. The van der Waals surface area contributed by atoms with Gasteiger partial charge >= 0.3 is 0 Å². The molecule has 0 aromatic heterocycles. The van der Waals surface area contributed by atoms with Gasteiger partial charge in [-0.25, -0.2) is 0 Å². The zero-order valence-electron chi connectivity index (χ0n) is 9.14. The lowest BCUT2D eigenvalue weighted by atomic mass is 10.1. The lowest BCUT2D eigenvalue weighted by Crippen LogP contribution is -2.01. The minimum absolute atomic E-state index is 0.244. The number of allylic oxidation sites excluding steroid dienone is 3. The van der Waals surface area contributed by atoms with Crippen LogP contribution in [0, 0.1) is 10.1 Å². The van der Waals surface area contributed by atoms with Crippen LogP contribution < -0.4 is 0 Å². The molecular weight excluding hydrogens is 194 g/mol. The van der Waals surface area contributed by atoms with Crippen LogP contribution in [0.2, 0.25) is 0 Å². The molecular formula is C11H17NO3. The summed E-state index contributed by atoms with van der Waals surface area (Å²) >= 11 is 0. The van der Waals surface area contributed by atoms with Crippen molar-refractivity contribution in [3.8, 4) is 0 Å². The summed E-state index contributed by atoms with van der Waals surface area (Å²) in [5, 5.41) is 18.2. The zero-order chi connectivity index (χ0) is 11.8. The van der Waals surface area contributed by atoms with Gasteiger partial charge in [0.25, 0.3) is 0 Å². The van der Waals surface area contributed by atoms with Crippen molar-refractivity contribution in [3.63, 3.8) is 0 Å². The molecule has 0 bridgehead atoms. The fraction of sp³-hybridized carbons (Fsp3) is 0.455. The summed E-state index contributed by atoms with van der Waals surface area (Å²) < 4.78 is 0. The second-order valence-electron chi connectivity index (χ2n) is 3.17. The molecule has 0 aliphatic heterocycles. The third kappa shape index (κ3) is 5.12. The SMILES string of the molecule is C=C/C=C1/CCC(O)/C1=C/C.C[N+](=O)[O-]. The van der Waals surface area contributed by atoms with Gasteiger partial charge in [0.05, 0.1) is 6.10 Å². The summed E-state index contributed by atoms with van der Waals surface area (Å²) in [7, 11) is 0.889. The Labute approximate surface area is 89.8 Å². The van der Waals surface area contributed by atoms with Crippen LogP contribution in [0.15, 0.2) is 36.0 Å². The normalized spacial score (nSPS) is 24.9. The fourth-order valence-electron chi connectivity index (χ4n) is 1.51. The van der Waals surface area contributed by atoms with Gasteiger partial charge < -0.3 is 5.11 Å². The van der Waals surface area contributed by atoms with Gasteiger partial charge in [-0.3, -0.25) is 10.1 Å². The molecule has 4 heteroatoms. The van der Waals surface area contributed by atoms with Crippen LogP contribution in [0.4, 0.5) is 0 Å². The third-order valence-corrected chi connectivity index (χ3v) is 2.05. The molecule has 0 spiro atoms. The Hall–Kier alpha value is -1.42. The van der Waals surface area contributed by atoms with Crippen molar-refractivity contribution in [2.24, 2.45) is 0 Å². The topological polar surface area (TPSA) is 63.4 Å². The van der Waals surface area contributed by atoms with Crippen LogP contribution in [0.5, 0.6) is 0 Å². The van der Waals surface area contributed by atoms with Crippen LogP contribution in [0.3, 0.4) is 0 Å². The Balaban J connectivity index is 0.000000423. The van der Waals surface area contributed by atoms with E-state index in [2.05, 4.69) is 6.58 Å². The minimum atomic E-state index is -0.500. The number of aliphatic hydroxyl groups excluding tert-OH is 1. The molecule has 84 valence electrons. The average Bonchev–Trinajstić information content (AvgIpc) is 2.46. The zero-order valence-corrected chi connectivity index (χ0v) is 9.14. The molecule has 4 nitrogen and oxygen atoms in total. The van der Waals surface area contributed by atoms with E-state index in [1.165, 1.54) is 5.57 Å². The first kappa shape index (κ1) is 13.6. The highest BCUT2D eigenvalue weighted by atomic mass is 16.6. The Bertz CT molecular complexity index is 288. The summed E-state index contributed by atoms with van der Waals surface area (Å²) in [4.78, 5) is 8.31. The Morgan fingerprint density at radius 2 is 2.20 bits per heavy atom. The monoisotopic (exact) mass is 211 g/mol. The van der Waals surface area contributed by atoms with Crippen LogP contribution in [0.1, 0.15) is 19.8 Å². The molecule has 1 saturated carbocycles. The van der Waals surface area contributed by atoms with Gasteiger partial charge in [-0.1, -0.05) is 24.8 Å². The Morgan fingerprint density at radius 3 is 2.60 bits per heavy atom. The minimum Gasteiger partial charge on any atom is -0.388 e. The van der Waals surface area contributed by atoms with Crippen LogP contribution in [0.25, 0.3) is 0 Å². The summed E-state index contributed by atoms with van der Waals surface area (Å²) in [5.74, 6) is 0. The van der Waals surface area contributed by atoms with E-state index >= 15 is 0 Å². The highest BCUT2D eigenvalue weighted by Crippen LogP contribution is 2.30. The average molecular weight is 211 g/mol. The molecule has 1 fully saturated rings. The predicted octanol–water partition coefficient (Wildman–Crippen LogP) is 2.09. The fourth-order valence-corrected chi connectivity index (χ4v) is 1.51. The van der Waals surface area contributed by atoms with E-state index in [0.717, 1.165) is 25.5 Å². The molecule has 1 aliphatic rings. The van der Waals surface area contributed by atoms with E-state index in [9.17, 15) is 5.11 Å². The standard InChI is InChI=1S/C10H14O.CH3NO2/c1-3-5-8-6-7-10(11)9(8)4-2;1-2(3)4/h3-5,10-11H,1,6-7H2,2H3;1H3/b8-5-,9-4+;. The maximum Gasteiger partial charge on any atom is 0.194 e. The largest absolute Gasteiger partial charge is 0.388 e. The van der Waals surface area contributed by atoms with E-state index in [1.807, 2.05) is 19.1 Å². The summed E-state index contributed by atoms with van der Waals surface area (Å²) in [6, 6.07) is 0. The van der Waals surface area contributed by atoms with Gasteiger partial charge in [0.1, 0.15) is 0 Å². The van der Waals surface area contributed by atoms with Gasteiger partial charge in [-0.05, 0) is 30.9 Å². The lowest BCUT2D eigenvalue weighted by Gasteiger charge is -2.02. The third-order valence-electron chi connectivity index (χ3n) is 2.05. The first-order chi connectivity index (χ1) is 7.02. The number of hydrogen-bond donors (Lipinski definition) is 1. The highest BCUT2D eigenvalue weighted by molar-refractivity contribution is 5.39. The van der Waals surface area contributed by atoms with Crippen molar-refractivity contribution < 1.29 is 10.0 Å². The molecule has 1 rings (SSSR count). The maximum atomic E-state index is 9.44. The first-order valence-corrected chi connectivity index (χ1v) is 4.77. The van der Waals surface area contributed by atoms with Crippen molar-refractivity contribution >= 4 is 0 Å². The van der Waals surface area contributed by atoms with E-state index in [4.69, 9.17) is 10.1 Å². The second kappa shape index (κ2) is 6.95. The molecule has 0 amide bonds. The van der Waals surface area contributed by atoms with Gasteiger partial charge in [0.15, 0.2) is 7.05 Å². The summed E-state index contributed by atoms with van der Waals surface area (Å²) in [5.41, 5.74) is 2.31. The van der Waals surface area contributed by atoms with E-state index < -0.39 is 4.92 Å². The molecule has 0 aromatic rings. The van der Waals surface area contributed by atoms with Gasteiger partial charge in [-0.2, -0.15) is 0 Å². The van der Waals surface area contributed by atoms with Gasteiger partial charge in [0, 0.05) is 4.92 Å². The quantitative estimate of drug-likeness (QED) is 0.533. The van der Waals surface area contributed by atoms with Crippen molar-refractivity contribution in [2.75, 3.05) is 7.05 Å². The number of rotatable bonds is 1. The molecule has 1 N–H and O–H groups in total. The molecule has 0 radical (unpaired) electrons. The number of nitro groups is 1. The molecule has 0 heterocycles. The van der Waals surface area contributed by atoms with Crippen molar-refractivity contribution in [1.29, 1.82) is 0 Å². The van der Waals surface area contributed by atoms with Gasteiger partial charge in [0.2, 0.25) is 0 Å². The van der Waals surface area contributed by atoms with Crippen molar-refractivity contribution in [2.45, 2.75) is 25.9 Å². The molecule has 0 aromatic carbocycles. The van der Waals surface area contributed by atoms with E-state index in [-0.39, 0.29) is 6.10 Å². The molecule has 1 unspecified atom stereocenters. The molecule has 1 aliphatic carbocycles. The molecule has 0 saturated heterocycles. The van der Waals surface area contributed by atoms with E-state index in [0.29, 0.717) is 0 Å². The van der Waals surface area contributed by atoms with E-state index in [1.54, 1.807) is 6.08 Å². The number of nitrogens with zero attached hydrogens (tertiary/aromatic N) is 1. The lowest BCUT2D eigenvalue weighted by molar-refractivity contribution is -0.445. The Morgan fingerprint density at radius 1 is 1.67 bits per heavy atom. The number of aliphatic hydroxyl groups is 1. The van der Waals surface area contributed by atoms with Crippen LogP contribution >= 0.6 is 0 Å². The summed E-state index contributed by atoms with van der Waals surface area (Å²) in [6.45, 7) is 5.59. The summed E-state index contributed by atoms with van der Waals surface area (Å²) in [6.07, 6.45) is 7.33. The molecule has 1 atom stereocenters. The number of hydrogen-bond acceptors (Lipinski definition) is 3. The highest BCUT2D eigenvalue weighted by Gasteiger charge is 2.21. The maximum absolute atomic E-state index is 9.44. The Kier molecular flexibility index (Phi) is 6.29. The van der Waals surface area contributed by atoms with Crippen molar-refractivity contribution in [1.82, 2.24) is 0 Å². The smallest absolute Gasteiger partial charge is 0.194 e. The predicted molar refractivity (Wildman–Crippen MR) is 60.2 cm³/mol. The van der Waals surface area contributed by atoms with Crippen LogP contribution in [-0.2, 0) is 0 Å².